The van der Waals surface area contributed by atoms with Crippen LogP contribution in [0.2, 0.25) is 0 Å². The lowest BCUT2D eigenvalue weighted by Crippen LogP contribution is -2.10. The van der Waals surface area contributed by atoms with E-state index >= 15 is 0 Å². The number of likely N-dealkylation sites (N-methyl/N-ethyl adjacent to an activating group) is 1. The Kier molecular flexibility index (Phi) is 5.40. The van der Waals surface area contributed by atoms with Crippen molar-refractivity contribution in [1.82, 2.24) is 25.3 Å². The molecule has 7 heteroatoms. The van der Waals surface area contributed by atoms with Crippen molar-refractivity contribution in [1.29, 1.82) is 0 Å². The zero-order valence-corrected chi connectivity index (χ0v) is 15.9. The minimum atomic E-state index is -0.164. The van der Waals surface area contributed by atoms with Crippen LogP contribution in [0.15, 0.2) is 73.5 Å². The Hall–Kier alpha value is -3.84. The first-order valence-corrected chi connectivity index (χ1v) is 9.20. The first-order chi connectivity index (χ1) is 14.2. The molecule has 4 rings (SSSR count). The summed E-state index contributed by atoms with van der Waals surface area (Å²) >= 11 is 0. The van der Waals surface area contributed by atoms with Gasteiger partial charge in [-0.25, -0.2) is 15.0 Å². The van der Waals surface area contributed by atoms with Gasteiger partial charge in [0.05, 0.1) is 5.69 Å². The molecule has 0 aliphatic carbocycles. The van der Waals surface area contributed by atoms with Gasteiger partial charge < -0.3 is 15.6 Å². The van der Waals surface area contributed by atoms with Gasteiger partial charge in [0.2, 0.25) is 5.91 Å². The van der Waals surface area contributed by atoms with Crippen molar-refractivity contribution in [3.8, 4) is 22.4 Å². The third-order valence-corrected chi connectivity index (χ3v) is 4.44. The smallest absolute Gasteiger partial charge is 0.248 e. The van der Waals surface area contributed by atoms with Gasteiger partial charge in [0.1, 0.15) is 12.0 Å². The van der Waals surface area contributed by atoms with Gasteiger partial charge in [-0.2, -0.15) is 0 Å². The van der Waals surface area contributed by atoms with Crippen molar-refractivity contribution in [3.63, 3.8) is 0 Å². The molecule has 0 unspecified atom stereocenters. The van der Waals surface area contributed by atoms with Gasteiger partial charge >= 0.3 is 0 Å². The zero-order chi connectivity index (χ0) is 20.1. The molecule has 0 atom stereocenters. The van der Waals surface area contributed by atoms with Crippen LogP contribution in [0.1, 0.15) is 0 Å². The van der Waals surface area contributed by atoms with Crippen LogP contribution < -0.4 is 10.6 Å². The number of benzene rings is 1. The first kappa shape index (κ1) is 18.5. The number of hydrogen-bond acceptors (Lipinski definition) is 5. The van der Waals surface area contributed by atoms with Crippen molar-refractivity contribution in [2.45, 2.75) is 0 Å². The number of fused-ring (bicyclic) bond motifs is 1. The topological polar surface area (TPSA) is 95.6 Å². The van der Waals surface area contributed by atoms with Gasteiger partial charge in [-0.3, -0.25) is 4.79 Å². The molecule has 4 aromatic rings. The number of hydrogen-bond donors (Lipinski definition) is 3. The summed E-state index contributed by atoms with van der Waals surface area (Å²) in [6.45, 7) is 0.643. The highest BCUT2D eigenvalue weighted by Gasteiger charge is 2.10. The number of nitrogens with zero attached hydrogens (tertiary/aromatic N) is 3. The molecular weight excluding hydrogens is 364 g/mol. The van der Waals surface area contributed by atoms with E-state index in [2.05, 4.69) is 36.6 Å². The standard InChI is InChI=1S/C22H20N6O/c1-23-8-3-6-21(29)28-17-5-2-4-15(10-17)16-11-18-19(13-26-22(18)25-12-16)20-7-9-24-14-27-20/h2-7,9-14,23H,8H2,1H3,(H,25,26)(H,28,29)/b6-3+. The summed E-state index contributed by atoms with van der Waals surface area (Å²) in [6, 6.07) is 11.6. The zero-order valence-electron chi connectivity index (χ0n) is 15.9. The van der Waals surface area contributed by atoms with Gasteiger partial charge in [0.25, 0.3) is 0 Å². The van der Waals surface area contributed by atoms with Crippen LogP contribution in [0.3, 0.4) is 0 Å². The predicted molar refractivity (Wildman–Crippen MR) is 114 cm³/mol. The SMILES string of the molecule is CNC/C=C/C(=O)Nc1cccc(-c2cnc3[nH]cc(-c4ccncn4)c3c2)c1. The Morgan fingerprint density at radius 3 is 2.93 bits per heavy atom. The molecule has 1 aromatic carbocycles. The van der Waals surface area contributed by atoms with Gasteiger partial charge in [0, 0.05) is 53.4 Å². The summed E-state index contributed by atoms with van der Waals surface area (Å²) in [5.41, 5.74) is 5.24. The van der Waals surface area contributed by atoms with Gasteiger partial charge in [-0.05, 0) is 36.9 Å². The van der Waals surface area contributed by atoms with Gasteiger partial charge in [-0.1, -0.05) is 18.2 Å². The van der Waals surface area contributed by atoms with Crippen LogP contribution in [-0.2, 0) is 4.79 Å². The van der Waals surface area contributed by atoms with E-state index in [0.717, 1.165) is 39.1 Å². The maximum Gasteiger partial charge on any atom is 0.248 e. The van der Waals surface area contributed by atoms with E-state index in [1.807, 2.05) is 49.8 Å². The van der Waals surface area contributed by atoms with Crippen LogP contribution >= 0.6 is 0 Å². The molecule has 7 nitrogen and oxygen atoms in total. The molecule has 29 heavy (non-hydrogen) atoms. The molecular formula is C22H20N6O. The molecule has 0 saturated carbocycles. The third kappa shape index (κ3) is 4.20. The monoisotopic (exact) mass is 384 g/mol. The highest BCUT2D eigenvalue weighted by molar-refractivity contribution is 6.00. The maximum atomic E-state index is 12.0. The summed E-state index contributed by atoms with van der Waals surface area (Å²) in [4.78, 5) is 28.1. The number of carbonyl (C=O) groups excluding carboxylic acids is 1. The Labute approximate surface area is 167 Å². The normalized spacial score (nSPS) is 11.2. The van der Waals surface area contributed by atoms with Crippen molar-refractivity contribution >= 4 is 22.6 Å². The number of nitrogens with one attached hydrogen (secondary N) is 3. The first-order valence-electron chi connectivity index (χ1n) is 9.20. The van der Waals surface area contributed by atoms with E-state index in [1.165, 1.54) is 12.4 Å². The quantitative estimate of drug-likeness (QED) is 0.443. The number of amides is 1. The Morgan fingerprint density at radius 2 is 2.10 bits per heavy atom. The number of anilines is 1. The maximum absolute atomic E-state index is 12.0. The summed E-state index contributed by atoms with van der Waals surface area (Å²) in [6.07, 6.45) is 10.3. The summed E-state index contributed by atoms with van der Waals surface area (Å²) in [7, 11) is 1.83. The number of rotatable bonds is 6. The number of aromatic nitrogens is 4. The average Bonchev–Trinajstić information content (AvgIpc) is 3.18. The lowest BCUT2D eigenvalue weighted by atomic mass is 10.0. The molecule has 0 radical (unpaired) electrons. The molecule has 3 N–H and O–H groups in total. The summed E-state index contributed by atoms with van der Waals surface area (Å²) < 4.78 is 0. The molecule has 0 saturated heterocycles. The van der Waals surface area contributed by atoms with E-state index in [0.29, 0.717) is 6.54 Å². The minimum Gasteiger partial charge on any atom is -0.345 e. The van der Waals surface area contributed by atoms with E-state index in [-0.39, 0.29) is 5.91 Å². The largest absolute Gasteiger partial charge is 0.345 e. The second-order valence-corrected chi connectivity index (χ2v) is 6.45. The van der Waals surface area contributed by atoms with Crippen LogP contribution in [0.4, 0.5) is 5.69 Å². The van der Waals surface area contributed by atoms with E-state index in [4.69, 9.17) is 0 Å². The molecule has 3 heterocycles. The lowest BCUT2D eigenvalue weighted by molar-refractivity contribution is -0.111. The van der Waals surface area contributed by atoms with Crippen molar-refractivity contribution in [2.24, 2.45) is 0 Å². The number of H-pyrrole nitrogens is 1. The molecule has 3 aromatic heterocycles. The second kappa shape index (κ2) is 8.45. The van der Waals surface area contributed by atoms with E-state index in [1.54, 1.807) is 12.3 Å². The molecule has 144 valence electrons. The fourth-order valence-electron chi connectivity index (χ4n) is 3.07. The average molecular weight is 384 g/mol. The molecule has 0 aliphatic rings. The fourth-order valence-corrected chi connectivity index (χ4v) is 3.07. The summed E-state index contributed by atoms with van der Waals surface area (Å²) in [5.74, 6) is -0.164. The Balaban J connectivity index is 1.64. The van der Waals surface area contributed by atoms with Crippen molar-refractivity contribution in [3.05, 3.63) is 73.5 Å². The molecule has 0 aliphatic heterocycles. The van der Waals surface area contributed by atoms with Crippen LogP contribution in [0.25, 0.3) is 33.4 Å². The lowest BCUT2D eigenvalue weighted by Gasteiger charge is -2.07. The minimum absolute atomic E-state index is 0.164. The van der Waals surface area contributed by atoms with Crippen molar-refractivity contribution in [2.75, 3.05) is 18.9 Å². The fraction of sp³-hybridized carbons (Fsp3) is 0.0909. The number of pyridine rings is 1. The van der Waals surface area contributed by atoms with Gasteiger partial charge in [-0.15, -0.1) is 0 Å². The number of carbonyl (C=O) groups is 1. The van der Waals surface area contributed by atoms with E-state index < -0.39 is 0 Å². The second-order valence-electron chi connectivity index (χ2n) is 6.45. The van der Waals surface area contributed by atoms with Gasteiger partial charge in [0.15, 0.2) is 0 Å². The highest BCUT2D eigenvalue weighted by Crippen LogP contribution is 2.30. The molecule has 0 spiro atoms. The molecule has 1 amide bonds. The Bertz CT molecular complexity index is 1170. The predicted octanol–water partition coefficient (Wildman–Crippen LogP) is 3.40. The van der Waals surface area contributed by atoms with E-state index in [9.17, 15) is 4.79 Å². The third-order valence-electron chi connectivity index (χ3n) is 4.44. The van der Waals surface area contributed by atoms with Crippen LogP contribution in [-0.4, -0.2) is 39.4 Å². The number of aromatic amines is 1. The van der Waals surface area contributed by atoms with Crippen molar-refractivity contribution < 1.29 is 4.79 Å². The highest BCUT2D eigenvalue weighted by atomic mass is 16.1. The summed E-state index contributed by atoms with van der Waals surface area (Å²) in [5, 5.41) is 6.82. The molecule has 0 bridgehead atoms. The van der Waals surface area contributed by atoms with Crippen LogP contribution in [0, 0.1) is 0 Å². The molecule has 0 fully saturated rings. The Morgan fingerprint density at radius 1 is 1.17 bits per heavy atom. The van der Waals surface area contributed by atoms with Crippen LogP contribution in [0.5, 0.6) is 0 Å².